The molecule has 1 atom stereocenters. The molecule has 0 N–H and O–H groups in total. The lowest BCUT2D eigenvalue weighted by atomic mass is 10.00. The fraction of sp³-hybridized carbons (Fsp3) is 0.200. The first-order valence-electron chi connectivity index (χ1n) is 6.01. The third kappa shape index (κ3) is 3.32. The molecule has 0 amide bonds. The number of hydrogen-bond donors (Lipinski definition) is 0. The average Bonchev–Trinajstić information content (AvgIpc) is 2.41. The van der Waals surface area contributed by atoms with E-state index in [9.17, 15) is 10.1 Å². The van der Waals surface area contributed by atoms with E-state index in [1.54, 1.807) is 12.1 Å². The van der Waals surface area contributed by atoms with Gasteiger partial charge in [-0.3, -0.25) is 10.1 Å². The van der Waals surface area contributed by atoms with Crippen LogP contribution in [0.4, 0.5) is 5.69 Å². The minimum absolute atomic E-state index is 0.118. The molecule has 2 aromatic rings. The minimum Gasteiger partial charge on any atom is -0.258 e. The van der Waals surface area contributed by atoms with Gasteiger partial charge in [-0.2, -0.15) is 0 Å². The van der Waals surface area contributed by atoms with Gasteiger partial charge in [0, 0.05) is 12.1 Å². The fourth-order valence-corrected chi connectivity index (χ4v) is 2.31. The van der Waals surface area contributed by atoms with Crippen LogP contribution < -0.4 is 0 Å². The molecule has 4 heteroatoms. The van der Waals surface area contributed by atoms with Crippen LogP contribution in [0.25, 0.3) is 0 Å². The van der Waals surface area contributed by atoms with Crippen molar-refractivity contribution in [1.29, 1.82) is 0 Å². The van der Waals surface area contributed by atoms with Crippen LogP contribution in [-0.4, -0.2) is 4.92 Å². The highest BCUT2D eigenvalue weighted by Gasteiger charge is 2.13. The van der Waals surface area contributed by atoms with Crippen LogP contribution in [-0.2, 0) is 6.42 Å². The van der Waals surface area contributed by atoms with Crippen LogP contribution in [0.2, 0.25) is 0 Å². The van der Waals surface area contributed by atoms with Crippen LogP contribution in [0, 0.1) is 17.0 Å². The van der Waals surface area contributed by atoms with Crippen LogP contribution >= 0.6 is 11.6 Å². The molecule has 0 spiro atoms. The molecular formula is C15H14ClNO2. The second kappa shape index (κ2) is 5.85. The molecule has 0 heterocycles. The van der Waals surface area contributed by atoms with Gasteiger partial charge in [-0.1, -0.05) is 36.4 Å². The third-order valence-corrected chi connectivity index (χ3v) is 3.50. The quantitative estimate of drug-likeness (QED) is 0.471. The van der Waals surface area contributed by atoms with Crippen LogP contribution in [0.5, 0.6) is 0 Å². The molecule has 2 aromatic carbocycles. The zero-order valence-corrected chi connectivity index (χ0v) is 11.3. The van der Waals surface area contributed by atoms with Gasteiger partial charge in [0.05, 0.1) is 10.3 Å². The number of halogens is 1. The molecule has 0 aliphatic heterocycles. The van der Waals surface area contributed by atoms with Gasteiger partial charge in [0.2, 0.25) is 0 Å². The lowest BCUT2D eigenvalue weighted by molar-refractivity contribution is -0.384. The highest BCUT2D eigenvalue weighted by Crippen LogP contribution is 2.27. The summed E-state index contributed by atoms with van der Waals surface area (Å²) in [7, 11) is 0. The van der Waals surface area contributed by atoms with Crippen molar-refractivity contribution in [3.63, 3.8) is 0 Å². The highest BCUT2D eigenvalue weighted by molar-refractivity contribution is 6.20. The number of hydrogen-bond acceptors (Lipinski definition) is 2. The maximum absolute atomic E-state index is 10.7. The van der Waals surface area contributed by atoms with E-state index in [0.29, 0.717) is 6.42 Å². The first-order valence-corrected chi connectivity index (χ1v) is 6.44. The van der Waals surface area contributed by atoms with Crippen molar-refractivity contribution in [2.75, 3.05) is 0 Å². The zero-order valence-electron chi connectivity index (χ0n) is 10.5. The van der Waals surface area contributed by atoms with E-state index in [-0.39, 0.29) is 16.0 Å². The van der Waals surface area contributed by atoms with E-state index in [1.165, 1.54) is 6.07 Å². The molecule has 0 radical (unpaired) electrons. The van der Waals surface area contributed by atoms with Gasteiger partial charge in [0.1, 0.15) is 0 Å². The molecule has 0 bridgehead atoms. The van der Waals surface area contributed by atoms with E-state index < -0.39 is 0 Å². The van der Waals surface area contributed by atoms with Gasteiger partial charge in [-0.05, 0) is 30.0 Å². The third-order valence-electron chi connectivity index (χ3n) is 3.10. The summed E-state index contributed by atoms with van der Waals surface area (Å²) in [5, 5.41) is 10.6. The molecule has 2 rings (SSSR count). The van der Waals surface area contributed by atoms with Gasteiger partial charge >= 0.3 is 0 Å². The molecule has 0 aliphatic carbocycles. The summed E-state index contributed by atoms with van der Waals surface area (Å²) in [4.78, 5) is 10.3. The predicted molar refractivity (Wildman–Crippen MR) is 76.6 cm³/mol. The molecule has 0 aliphatic rings. The normalized spacial score (nSPS) is 12.1. The molecule has 0 saturated heterocycles. The topological polar surface area (TPSA) is 43.1 Å². The van der Waals surface area contributed by atoms with Crippen LogP contribution in [0.3, 0.4) is 0 Å². The maximum atomic E-state index is 10.7. The lowest BCUT2D eigenvalue weighted by Gasteiger charge is -2.11. The van der Waals surface area contributed by atoms with Crippen molar-refractivity contribution < 1.29 is 4.92 Å². The standard InChI is InChI=1S/C15H14ClNO2/c1-11-9-14(17(18)19)8-7-13(11)10-15(16)12-5-3-2-4-6-12/h2-9,15H,10H2,1H3. The summed E-state index contributed by atoms with van der Waals surface area (Å²) in [6, 6.07) is 14.7. The summed E-state index contributed by atoms with van der Waals surface area (Å²) in [5.41, 5.74) is 3.11. The SMILES string of the molecule is Cc1cc([N+](=O)[O-])ccc1CC(Cl)c1ccccc1. The van der Waals surface area contributed by atoms with E-state index in [4.69, 9.17) is 11.6 Å². The summed E-state index contributed by atoms with van der Waals surface area (Å²) in [5.74, 6) is 0. The van der Waals surface area contributed by atoms with Crippen molar-refractivity contribution in [1.82, 2.24) is 0 Å². The number of nitrogens with zero attached hydrogens (tertiary/aromatic N) is 1. The Morgan fingerprint density at radius 1 is 1.21 bits per heavy atom. The van der Waals surface area contributed by atoms with Gasteiger partial charge in [-0.25, -0.2) is 0 Å². The second-order valence-corrected chi connectivity index (χ2v) is 4.98. The average molecular weight is 276 g/mol. The Bertz CT molecular complexity index is 584. The Labute approximate surface area is 117 Å². The van der Waals surface area contributed by atoms with E-state index in [0.717, 1.165) is 16.7 Å². The monoisotopic (exact) mass is 275 g/mol. The summed E-state index contributed by atoms with van der Waals surface area (Å²) in [6.45, 7) is 1.87. The number of aryl methyl sites for hydroxylation is 1. The van der Waals surface area contributed by atoms with E-state index in [2.05, 4.69) is 0 Å². The van der Waals surface area contributed by atoms with Crippen LogP contribution in [0.1, 0.15) is 22.1 Å². The highest BCUT2D eigenvalue weighted by atomic mass is 35.5. The molecular weight excluding hydrogens is 262 g/mol. The first-order chi connectivity index (χ1) is 9.08. The lowest BCUT2D eigenvalue weighted by Crippen LogP contribution is -1.99. The molecule has 19 heavy (non-hydrogen) atoms. The Kier molecular flexibility index (Phi) is 4.17. The molecule has 0 saturated carbocycles. The first kappa shape index (κ1) is 13.6. The van der Waals surface area contributed by atoms with Crippen molar-refractivity contribution in [2.45, 2.75) is 18.7 Å². The molecule has 0 aromatic heterocycles. The largest absolute Gasteiger partial charge is 0.269 e. The number of nitro groups is 1. The Hall–Kier alpha value is -1.87. The number of nitro benzene ring substituents is 1. The molecule has 0 fully saturated rings. The summed E-state index contributed by atoms with van der Waals surface area (Å²) < 4.78 is 0. The second-order valence-electron chi connectivity index (χ2n) is 4.45. The molecule has 1 unspecified atom stereocenters. The van der Waals surface area contributed by atoms with E-state index >= 15 is 0 Å². The van der Waals surface area contributed by atoms with Gasteiger partial charge in [0.25, 0.3) is 5.69 Å². The zero-order chi connectivity index (χ0) is 13.8. The Balaban J connectivity index is 2.18. The van der Waals surface area contributed by atoms with Gasteiger partial charge < -0.3 is 0 Å². The van der Waals surface area contributed by atoms with Crippen molar-refractivity contribution in [3.8, 4) is 0 Å². The van der Waals surface area contributed by atoms with Crippen molar-refractivity contribution in [3.05, 3.63) is 75.3 Å². The van der Waals surface area contributed by atoms with Gasteiger partial charge in [-0.15, -0.1) is 11.6 Å². The molecule has 98 valence electrons. The fourth-order valence-electron chi connectivity index (χ4n) is 2.00. The molecule has 3 nitrogen and oxygen atoms in total. The maximum Gasteiger partial charge on any atom is 0.269 e. The summed E-state index contributed by atoms with van der Waals surface area (Å²) in [6.07, 6.45) is 0.662. The smallest absolute Gasteiger partial charge is 0.258 e. The number of non-ortho nitro benzene ring substituents is 1. The number of benzene rings is 2. The van der Waals surface area contributed by atoms with Crippen LogP contribution in [0.15, 0.2) is 48.5 Å². The Morgan fingerprint density at radius 2 is 1.89 bits per heavy atom. The number of rotatable bonds is 4. The van der Waals surface area contributed by atoms with Crippen molar-refractivity contribution >= 4 is 17.3 Å². The van der Waals surface area contributed by atoms with Gasteiger partial charge in [0.15, 0.2) is 0 Å². The van der Waals surface area contributed by atoms with Crippen molar-refractivity contribution in [2.24, 2.45) is 0 Å². The summed E-state index contributed by atoms with van der Waals surface area (Å²) >= 11 is 6.38. The minimum atomic E-state index is -0.383. The number of alkyl halides is 1. The Morgan fingerprint density at radius 3 is 2.47 bits per heavy atom. The van der Waals surface area contributed by atoms with E-state index in [1.807, 2.05) is 37.3 Å². The predicted octanol–water partition coefficient (Wildman–Crippen LogP) is 4.43.